The van der Waals surface area contributed by atoms with Crippen molar-refractivity contribution in [2.75, 3.05) is 0 Å². The summed E-state index contributed by atoms with van der Waals surface area (Å²) in [5, 5.41) is 5.02. The van der Waals surface area contributed by atoms with Gasteiger partial charge in [0, 0.05) is 6.04 Å². The summed E-state index contributed by atoms with van der Waals surface area (Å²) in [5.74, 6) is -0.626. The Kier molecular flexibility index (Phi) is 5.76. The zero-order chi connectivity index (χ0) is 16.1. The minimum absolute atomic E-state index is 0.135. The number of carbonyl (C=O) groups excluding carboxylic acids is 2. The largest absolute Gasteiger partial charge is 0.480 e. The molecule has 0 spiro atoms. The second-order valence-electron chi connectivity index (χ2n) is 5.28. The summed E-state index contributed by atoms with van der Waals surface area (Å²) in [5.41, 5.74) is 0. The van der Waals surface area contributed by atoms with Crippen molar-refractivity contribution < 1.29 is 18.7 Å². The summed E-state index contributed by atoms with van der Waals surface area (Å²) in [6, 6.07) is 3.52. The van der Waals surface area contributed by atoms with Gasteiger partial charge in [-0.15, -0.1) is 0 Å². The van der Waals surface area contributed by atoms with Crippen LogP contribution in [0.25, 0.3) is 0 Å². The summed E-state index contributed by atoms with van der Waals surface area (Å²) in [6.07, 6.45) is 3.19. The first-order chi connectivity index (χ1) is 10.5. The summed E-state index contributed by atoms with van der Waals surface area (Å²) in [6.45, 7) is 1.52. The molecule has 1 aliphatic carbocycles. The van der Waals surface area contributed by atoms with Gasteiger partial charge in [-0.05, 0) is 53.9 Å². The van der Waals surface area contributed by atoms with Gasteiger partial charge in [-0.3, -0.25) is 10.1 Å². The van der Waals surface area contributed by atoms with E-state index >= 15 is 0 Å². The van der Waals surface area contributed by atoms with E-state index in [-0.39, 0.29) is 6.04 Å². The number of carbonyl (C=O) groups is 2. The molecule has 1 atom stereocenters. The molecule has 0 bridgehead atoms. The maximum atomic E-state index is 13.0. The molecule has 120 valence electrons. The van der Waals surface area contributed by atoms with Crippen LogP contribution in [0.4, 0.5) is 9.18 Å². The van der Waals surface area contributed by atoms with E-state index in [1.165, 1.54) is 25.1 Å². The van der Waals surface area contributed by atoms with Crippen LogP contribution in [0.1, 0.15) is 32.6 Å². The number of benzene rings is 1. The first kappa shape index (κ1) is 16.7. The number of hydrogen-bond donors (Lipinski definition) is 2. The molecule has 1 aromatic carbocycles. The molecule has 0 saturated heterocycles. The normalized spacial score (nSPS) is 16.1. The minimum Gasteiger partial charge on any atom is -0.480 e. The lowest BCUT2D eigenvalue weighted by Gasteiger charge is -2.17. The highest BCUT2D eigenvalue weighted by Gasteiger charge is 2.21. The Morgan fingerprint density at radius 1 is 1.36 bits per heavy atom. The van der Waals surface area contributed by atoms with Crippen molar-refractivity contribution in [3.8, 4) is 5.75 Å². The number of nitrogens with one attached hydrogen (secondary N) is 2. The maximum Gasteiger partial charge on any atom is 0.321 e. The Bertz CT molecular complexity index is 562. The quantitative estimate of drug-likeness (QED) is 0.852. The number of rotatable bonds is 4. The second-order valence-corrected chi connectivity index (χ2v) is 6.13. The third-order valence-electron chi connectivity index (χ3n) is 3.49. The number of imide groups is 1. The van der Waals surface area contributed by atoms with Crippen LogP contribution >= 0.6 is 15.9 Å². The number of ether oxygens (including phenoxy) is 1. The lowest BCUT2D eigenvalue weighted by atomic mass is 10.2. The Labute approximate surface area is 136 Å². The highest BCUT2D eigenvalue weighted by molar-refractivity contribution is 9.10. The van der Waals surface area contributed by atoms with E-state index in [4.69, 9.17) is 4.74 Å². The molecule has 0 heterocycles. The van der Waals surface area contributed by atoms with Crippen molar-refractivity contribution >= 4 is 27.9 Å². The summed E-state index contributed by atoms with van der Waals surface area (Å²) < 4.78 is 18.8. The lowest BCUT2D eigenvalue weighted by molar-refractivity contribution is -0.126. The van der Waals surface area contributed by atoms with Crippen molar-refractivity contribution in [3.63, 3.8) is 0 Å². The standard InChI is InChI=1S/C15H18BrFN2O3/c1-9(22-13-7-6-10(17)8-12(13)16)14(20)19-15(21)18-11-4-2-3-5-11/h6-9,11H,2-5H2,1H3,(H2,18,19,20,21)/t9-/m0/s1. The van der Waals surface area contributed by atoms with E-state index in [9.17, 15) is 14.0 Å². The van der Waals surface area contributed by atoms with E-state index < -0.39 is 23.9 Å². The molecular formula is C15H18BrFN2O3. The van der Waals surface area contributed by atoms with E-state index in [2.05, 4.69) is 26.6 Å². The van der Waals surface area contributed by atoms with Gasteiger partial charge < -0.3 is 10.1 Å². The molecule has 5 nitrogen and oxygen atoms in total. The predicted molar refractivity (Wildman–Crippen MR) is 83.1 cm³/mol. The van der Waals surface area contributed by atoms with Crippen LogP contribution in [-0.2, 0) is 4.79 Å². The SMILES string of the molecule is C[C@H](Oc1ccc(F)cc1Br)C(=O)NC(=O)NC1CCCC1. The van der Waals surface area contributed by atoms with Gasteiger partial charge in [0.25, 0.3) is 5.91 Å². The average Bonchev–Trinajstić information content (AvgIpc) is 2.94. The van der Waals surface area contributed by atoms with Crippen molar-refractivity contribution in [3.05, 3.63) is 28.5 Å². The third kappa shape index (κ3) is 4.69. The Balaban J connectivity index is 1.84. The zero-order valence-electron chi connectivity index (χ0n) is 12.2. The van der Waals surface area contributed by atoms with Crippen LogP contribution in [0.15, 0.2) is 22.7 Å². The van der Waals surface area contributed by atoms with E-state index in [0.29, 0.717) is 10.2 Å². The van der Waals surface area contributed by atoms with Crippen LogP contribution in [0.2, 0.25) is 0 Å². The molecule has 0 aromatic heterocycles. The number of urea groups is 1. The Morgan fingerprint density at radius 2 is 2.05 bits per heavy atom. The van der Waals surface area contributed by atoms with Gasteiger partial charge in [-0.2, -0.15) is 0 Å². The van der Waals surface area contributed by atoms with Crippen molar-refractivity contribution in [2.45, 2.75) is 44.8 Å². The van der Waals surface area contributed by atoms with E-state index in [1.54, 1.807) is 0 Å². The Morgan fingerprint density at radius 3 is 2.68 bits per heavy atom. The smallest absolute Gasteiger partial charge is 0.321 e. The molecule has 1 aromatic rings. The van der Waals surface area contributed by atoms with Gasteiger partial charge in [0.05, 0.1) is 4.47 Å². The fraction of sp³-hybridized carbons (Fsp3) is 0.467. The fourth-order valence-electron chi connectivity index (χ4n) is 2.32. The van der Waals surface area contributed by atoms with Crippen LogP contribution in [-0.4, -0.2) is 24.1 Å². The summed E-state index contributed by atoms with van der Waals surface area (Å²) in [4.78, 5) is 23.6. The molecule has 1 aliphatic rings. The van der Waals surface area contributed by atoms with Crippen molar-refractivity contribution in [2.24, 2.45) is 0 Å². The molecule has 2 N–H and O–H groups in total. The highest BCUT2D eigenvalue weighted by Crippen LogP contribution is 2.26. The molecule has 0 unspecified atom stereocenters. The molecule has 22 heavy (non-hydrogen) atoms. The maximum absolute atomic E-state index is 13.0. The van der Waals surface area contributed by atoms with Gasteiger partial charge in [-0.25, -0.2) is 9.18 Å². The predicted octanol–water partition coefficient (Wildman–Crippen LogP) is 3.12. The number of amides is 3. The molecule has 1 saturated carbocycles. The molecule has 0 radical (unpaired) electrons. The molecular weight excluding hydrogens is 355 g/mol. The van der Waals surface area contributed by atoms with Crippen LogP contribution in [0, 0.1) is 5.82 Å². The molecule has 3 amide bonds. The molecule has 7 heteroatoms. The highest BCUT2D eigenvalue weighted by atomic mass is 79.9. The van der Waals surface area contributed by atoms with Gasteiger partial charge in [0.15, 0.2) is 6.10 Å². The topological polar surface area (TPSA) is 67.4 Å². The Hall–Kier alpha value is -1.63. The average molecular weight is 373 g/mol. The van der Waals surface area contributed by atoms with Crippen molar-refractivity contribution in [1.29, 1.82) is 0 Å². The minimum atomic E-state index is -0.879. The first-order valence-corrected chi connectivity index (χ1v) is 7.98. The van der Waals surface area contributed by atoms with Gasteiger partial charge in [-0.1, -0.05) is 12.8 Å². The van der Waals surface area contributed by atoms with Crippen LogP contribution < -0.4 is 15.4 Å². The number of hydrogen-bond acceptors (Lipinski definition) is 3. The first-order valence-electron chi connectivity index (χ1n) is 7.19. The van der Waals surface area contributed by atoms with Crippen LogP contribution in [0.3, 0.4) is 0 Å². The van der Waals surface area contributed by atoms with Crippen LogP contribution in [0.5, 0.6) is 5.75 Å². The summed E-state index contributed by atoms with van der Waals surface area (Å²) >= 11 is 3.16. The van der Waals surface area contributed by atoms with Gasteiger partial charge >= 0.3 is 6.03 Å². The monoisotopic (exact) mass is 372 g/mol. The summed E-state index contributed by atoms with van der Waals surface area (Å²) in [7, 11) is 0. The molecule has 2 rings (SSSR count). The van der Waals surface area contributed by atoms with E-state index in [0.717, 1.165) is 25.7 Å². The van der Waals surface area contributed by atoms with Crippen molar-refractivity contribution in [1.82, 2.24) is 10.6 Å². The molecule has 1 fully saturated rings. The third-order valence-corrected chi connectivity index (χ3v) is 4.11. The van der Waals surface area contributed by atoms with Gasteiger partial charge in [0.1, 0.15) is 11.6 Å². The molecule has 0 aliphatic heterocycles. The second kappa shape index (κ2) is 7.58. The van der Waals surface area contributed by atoms with Gasteiger partial charge in [0.2, 0.25) is 0 Å². The van der Waals surface area contributed by atoms with E-state index in [1.807, 2.05) is 0 Å². The fourth-order valence-corrected chi connectivity index (χ4v) is 2.76. The lowest BCUT2D eigenvalue weighted by Crippen LogP contribution is -2.47. The number of halogens is 2. The zero-order valence-corrected chi connectivity index (χ0v) is 13.8.